The Morgan fingerprint density at radius 1 is 0.885 bits per heavy atom. The number of rotatable bonds is 2. The molecule has 0 saturated heterocycles. The van der Waals surface area contributed by atoms with E-state index in [1.807, 2.05) is 35.2 Å². The third-order valence-electron chi connectivity index (χ3n) is 6.51. The molecule has 3 aliphatic rings. The topological polar surface area (TPSA) is 57.6 Å². The molecule has 26 heavy (non-hydrogen) atoms. The average Bonchev–Trinajstić information content (AvgIpc) is 2.58. The lowest BCUT2D eigenvalue weighted by molar-refractivity contribution is -0.160. The van der Waals surface area contributed by atoms with E-state index in [-0.39, 0.29) is 23.2 Å². The molecule has 0 radical (unpaired) electrons. The fraction of sp³-hybridized carbons (Fsp3) is 0.364. The first-order valence-electron chi connectivity index (χ1n) is 9.28. The SMILES string of the molecule is O=C(O)C1CC2(C1)CC(C(=O)N1Cc3ccccc3-c3ccccc31)C2. The lowest BCUT2D eigenvalue weighted by Crippen LogP contribution is -2.54. The molecule has 0 aromatic heterocycles. The lowest BCUT2D eigenvalue weighted by Gasteiger charge is -2.56. The van der Waals surface area contributed by atoms with Crippen LogP contribution in [0, 0.1) is 17.3 Å². The number of amides is 1. The van der Waals surface area contributed by atoms with Gasteiger partial charge in [0, 0.05) is 11.5 Å². The van der Waals surface area contributed by atoms with Gasteiger partial charge in [-0.2, -0.15) is 0 Å². The van der Waals surface area contributed by atoms with E-state index >= 15 is 0 Å². The number of carbonyl (C=O) groups is 2. The smallest absolute Gasteiger partial charge is 0.306 e. The molecule has 1 amide bonds. The van der Waals surface area contributed by atoms with Crippen LogP contribution in [-0.4, -0.2) is 17.0 Å². The maximum Gasteiger partial charge on any atom is 0.306 e. The second-order valence-electron chi connectivity index (χ2n) is 8.15. The Labute approximate surface area is 152 Å². The Morgan fingerprint density at radius 2 is 1.50 bits per heavy atom. The molecular formula is C22H21NO3. The minimum atomic E-state index is -0.688. The third kappa shape index (κ3) is 2.21. The predicted octanol–water partition coefficient (Wildman–Crippen LogP) is 4.09. The molecule has 1 aliphatic heterocycles. The van der Waals surface area contributed by atoms with Crippen LogP contribution in [0.2, 0.25) is 0 Å². The standard InChI is InChI=1S/C22H21NO3/c24-20(15-9-22(10-15)11-16(12-22)21(25)26)23-13-14-5-1-2-6-17(14)18-7-3-4-8-19(18)23/h1-8,15-16H,9-13H2,(H,25,26). The quantitative estimate of drug-likeness (QED) is 0.890. The van der Waals surface area contributed by atoms with Gasteiger partial charge in [-0.3, -0.25) is 9.59 Å². The molecule has 2 saturated carbocycles. The molecule has 0 atom stereocenters. The van der Waals surface area contributed by atoms with Gasteiger partial charge in [0.05, 0.1) is 18.2 Å². The van der Waals surface area contributed by atoms with E-state index in [4.69, 9.17) is 5.11 Å². The van der Waals surface area contributed by atoms with Crippen molar-refractivity contribution in [2.45, 2.75) is 32.2 Å². The zero-order chi connectivity index (χ0) is 17.9. The minimum Gasteiger partial charge on any atom is -0.481 e. The van der Waals surface area contributed by atoms with Crippen LogP contribution in [0.3, 0.4) is 0 Å². The summed E-state index contributed by atoms with van der Waals surface area (Å²) in [5.41, 5.74) is 4.63. The Balaban J connectivity index is 1.37. The molecule has 1 spiro atoms. The first-order valence-corrected chi connectivity index (χ1v) is 9.28. The molecule has 0 bridgehead atoms. The Bertz CT molecular complexity index is 905. The number of hydrogen-bond donors (Lipinski definition) is 1. The molecule has 0 unspecified atom stereocenters. The third-order valence-corrected chi connectivity index (χ3v) is 6.51. The summed E-state index contributed by atoms with van der Waals surface area (Å²) in [6.07, 6.45) is 3.17. The molecule has 2 aromatic rings. The largest absolute Gasteiger partial charge is 0.481 e. The van der Waals surface area contributed by atoms with Gasteiger partial charge in [-0.05, 0) is 48.3 Å². The second-order valence-corrected chi connectivity index (χ2v) is 8.15. The number of para-hydroxylation sites is 1. The van der Waals surface area contributed by atoms with Gasteiger partial charge in [0.1, 0.15) is 0 Å². The van der Waals surface area contributed by atoms with Crippen molar-refractivity contribution in [1.82, 2.24) is 0 Å². The van der Waals surface area contributed by atoms with E-state index in [2.05, 4.69) is 18.2 Å². The van der Waals surface area contributed by atoms with E-state index in [0.29, 0.717) is 6.54 Å². The number of hydrogen-bond acceptors (Lipinski definition) is 2. The monoisotopic (exact) mass is 347 g/mol. The van der Waals surface area contributed by atoms with Gasteiger partial charge in [-0.15, -0.1) is 0 Å². The summed E-state index contributed by atoms with van der Waals surface area (Å²) in [5, 5.41) is 9.09. The highest BCUT2D eigenvalue weighted by Gasteiger charge is 2.57. The van der Waals surface area contributed by atoms with E-state index in [0.717, 1.165) is 36.9 Å². The molecule has 2 fully saturated rings. The maximum absolute atomic E-state index is 13.2. The molecule has 4 heteroatoms. The molecule has 1 N–H and O–H groups in total. The van der Waals surface area contributed by atoms with E-state index in [1.165, 1.54) is 11.1 Å². The highest BCUT2D eigenvalue weighted by atomic mass is 16.4. The Morgan fingerprint density at radius 3 is 2.23 bits per heavy atom. The summed E-state index contributed by atoms with van der Waals surface area (Å²) < 4.78 is 0. The van der Waals surface area contributed by atoms with Crippen LogP contribution < -0.4 is 4.90 Å². The number of fused-ring (bicyclic) bond motifs is 3. The summed E-state index contributed by atoms with van der Waals surface area (Å²) >= 11 is 0. The molecule has 5 rings (SSSR count). The zero-order valence-electron chi connectivity index (χ0n) is 14.5. The first kappa shape index (κ1) is 15.6. The summed E-state index contributed by atoms with van der Waals surface area (Å²) in [4.78, 5) is 26.2. The van der Waals surface area contributed by atoms with Crippen molar-refractivity contribution in [2.75, 3.05) is 4.90 Å². The van der Waals surface area contributed by atoms with E-state index < -0.39 is 5.97 Å². The fourth-order valence-electron chi connectivity index (χ4n) is 5.18. The van der Waals surface area contributed by atoms with Gasteiger partial charge in [-0.1, -0.05) is 42.5 Å². The number of anilines is 1. The van der Waals surface area contributed by atoms with Crippen molar-refractivity contribution in [3.63, 3.8) is 0 Å². The molecule has 2 aliphatic carbocycles. The second kappa shape index (κ2) is 5.44. The molecule has 2 aromatic carbocycles. The molecule has 4 nitrogen and oxygen atoms in total. The summed E-state index contributed by atoms with van der Waals surface area (Å²) in [6.45, 7) is 0.618. The fourth-order valence-corrected chi connectivity index (χ4v) is 5.18. The number of aliphatic carboxylic acids is 1. The lowest BCUT2D eigenvalue weighted by atomic mass is 9.48. The number of nitrogens with zero attached hydrogens (tertiary/aromatic N) is 1. The van der Waals surface area contributed by atoms with Crippen molar-refractivity contribution >= 4 is 17.6 Å². The zero-order valence-corrected chi connectivity index (χ0v) is 14.5. The molecular weight excluding hydrogens is 326 g/mol. The van der Waals surface area contributed by atoms with Crippen LogP contribution >= 0.6 is 0 Å². The highest BCUT2D eigenvalue weighted by Crippen LogP contribution is 2.61. The minimum absolute atomic E-state index is 0.0306. The Hall–Kier alpha value is -2.62. The highest BCUT2D eigenvalue weighted by molar-refractivity contribution is 6.01. The van der Waals surface area contributed by atoms with Crippen molar-refractivity contribution in [1.29, 1.82) is 0 Å². The molecule has 1 heterocycles. The number of benzene rings is 2. The average molecular weight is 347 g/mol. The molecule has 132 valence electrons. The van der Waals surface area contributed by atoms with Gasteiger partial charge >= 0.3 is 5.97 Å². The van der Waals surface area contributed by atoms with E-state index in [9.17, 15) is 9.59 Å². The van der Waals surface area contributed by atoms with Crippen LogP contribution in [0.4, 0.5) is 5.69 Å². The van der Waals surface area contributed by atoms with Crippen LogP contribution in [0.15, 0.2) is 48.5 Å². The van der Waals surface area contributed by atoms with Gasteiger partial charge in [-0.25, -0.2) is 0 Å². The summed E-state index contributed by atoms with van der Waals surface area (Å²) in [6, 6.07) is 16.4. The van der Waals surface area contributed by atoms with Crippen molar-refractivity contribution in [2.24, 2.45) is 17.3 Å². The van der Waals surface area contributed by atoms with Gasteiger partial charge in [0.25, 0.3) is 0 Å². The van der Waals surface area contributed by atoms with Crippen molar-refractivity contribution in [3.05, 3.63) is 54.1 Å². The van der Waals surface area contributed by atoms with Crippen LogP contribution in [0.5, 0.6) is 0 Å². The normalized spacial score (nSPS) is 28.5. The summed E-state index contributed by atoms with van der Waals surface area (Å²) in [5.74, 6) is -0.667. The Kier molecular flexibility index (Phi) is 3.27. The predicted molar refractivity (Wildman–Crippen MR) is 98.6 cm³/mol. The number of carboxylic acids is 1. The van der Waals surface area contributed by atoms with Crippen LogP contribution in [-0.2, 0) is 16.1 Å². The van der Waals surface area contributed by atoms with E-state index in [1.54, 1.807) is 0 Å². The number of carbonyl (C=O) groups excluding carboxylic acids is 1. The first-order chi connectivity index (χ1) is 12.6. The number of carboxylic acid groups (broad SMARTS) is 1. The maximum atomic E-state index is 13.2. The van der Waals surface area contributed by atoms with Gasteiger partial charge in [0.15, 0.2) is 0 Å². The van der Waals surface area contributed by atoms with Crippen LogP contribution in [0.1, 0.15) is 31.2 Å². The van der Waals surface area contributed by atoms with Crippen LogP contribution in [0.25, 0.3) is 11.1 Å². The summed E-state index contributed by atoms with van der Waals surface area (Å²) in [7, 11) is 0. The van der Waals surface area contributed by atoms with Crippen molar-refractivity contribution < 1.29 is 14.7 Å². The van der Waals surface area contributed by atoms with Gasteiger partial charge < -0.3 is 10.0 Å². The van der Waals surface area contributed by atoms with Gasteiger partial charge in [0.2, 0.25) is 5.91 Å². The van der Waals surface area contributed by atoms with Crippen molar-refractivity contribution in [3.8, 4) is 11.1 Å².